The Bertz CT molecular complexity index is 258. The van der Waals surface area contributed by atoms with Crippen LogP contribution in [-0.4, -0.2) is 69.4 Å². The predicted octanol–water partition coefficient (Wildman–Crippen LogP) is 2.68. The second-order valence-corrected chi connectivity index (χ2v) is 5.16. The molecule has 5 heteroatoms. The van der Waals surface area contributed by atoms with Crippen LogP contribution in [0, 0.1) is 0 Å². The van der Waals surface area contributed by atoms with E-state index in [2.05, 4.69) is 11.7 Å². The zero-order valence-corrected chi connectivity index (χ0v) is 12.5. The molecule has 0 heterocycles. The number of unbranched alkanes of at least 4 members (excludes halogenated alkanes) is 8. The third kappa shape index (κ3) is 15.1. The molecular weight excluding hydrogens is 281 g/mol. The van der Waals surface area contributed by atoms with Gasteiger partial charge < -0.3 is 10.5 Å². The number of rotatable bonds is 11. The second-order valence-electron chi connectivity index (χ2n) is 5.16. The molecule has 20 heavy (non-hydrogen) atoms. The summed E-state index contributed by atoms with van der Waals surface area (Å²) >= 11 is 0. The van der Waals surface area contributed by atoms with Gasteiger partial charge in [0.25, 0.3) is 0 Å². The van der Waals surface area contributed by atoms with E-state index in [1.807, 2.05) is 0 Å². The first-order chi connectivity index (χ1) is 9.07. The van der Waals surface area contributed by atoms with Crippen molar-refractivity contribution in [3.05, 3.63) is 0 Å². The Hall–Kier alpha value is 0.736. The number of ether oxygens (including phenoxy) is 1. The van der Waals surface area contributed by atoms with E-state index in [0.29, 0.717) is 6.42 Å². The van der Waals surface area contributed by atoms with Crippen molar-refractivity contribution in [2.45, 2.75) is 84.1 Å². The van der Waals surface area contributed by atoms with Crippen molar-refractivity contribution in [3.8, 4) is 0 Å². The van der Waals surface area contributed by atoms with E-state index >= 15 is 0 Å². The maximum absolute atomic E-state index is 11.3. The number of esters is 2. The minimum atomic E-state index is -0.730. The molecule has 0 unspecified atom stereocenters. The van der Waals surface area contributed by atoms with Gasteiger partial charge in [0.15, 0.2) is 0 Å². The first-order valence-electron chi connectivity index (χ1n) is 7.58. The molecule has 0 aliphatic heterocycles. The molecule has 0 rings (SSSR count). The summed E-state index contributed by atoms with van der Waals surface area (Å²) in [6.45, 7) is 3.73. The maximum atomic E-state index is 11.3. The molecule has 0 fully saturated rings. The van der Waals surface area contributed by atoms with Gasteiger partial charge in [-0.05, 0) is 13.3 Å². The first-order valence-corrected chi connectivity index (χ1v) is 7.58. The fourth-order valence-electron chi connectivity index (χ4n) is 1.84. The van der Waals surface area contributed by atoms with Crippen LogP contribution < -0.4 is 5.73 Å². The van der Waals surface area contributed by atoms with E-state index in [0.717, 1.165) is 19.3 Å². The van der Waals surface area contributed by atoms with E-state index in [1.165, 1.54) is 45.4 Å². The molecule has 114 valence electrons. The summed E-state index contributed by atoms with van der Waals surface area (Å²) in [4.78, 5) is 22.3. The van der Waals surface area contributed by atoms with Crippen LogP contribution in [0.1, 0.15) is 78.1 Å². The van der Waals surface area contributed by atoms with Crippen LogP contribution in [0.3, 0.4) is 0 Å². The first kappa shape index (κ1) is 23.0. The van der Waals surface area contributed by atoms with Gasteiger partial charge in [0, 0.05) is 6.42 Å². The van der Waals surface area contributed by atoms with E-state index < -0.39 is 18.0 Å². The standard InChI is InChI=1S/C15H29NO3.K.H/c1-3-4-5-6-7-8-9-10-11-12-14(17)19-15(18)13(2)16;;/h13H,3-12,16H2,1-2H3;;/t13-;;/m0../s1. The Kier molecular flexibility index (Phi) is 18.5. The Balaban J connectivity index is 0. The molecule has 0 aromatic heterocycles. The second kappa shape index (κ2) is 16.1. The zero-order chi connectivity index (χ0) is 14.5. The van der Waals surface area contributed by atoms with Crippen molar-refractivity contribution in [3.63, 3.8) is 0 Å². The van der Waals surface area contributed by atoms with Crippen LogP contribution in [-0.2, 0) is 14.3 Å². The Morgan fingerprint density at radius 3 is 1.85 bits per heavy atom. The van der Waals surface area contributed by atoms with Gasteiger partial charge >= 0.3 is 63.3 Å². The number of carbonyl (C=O) groups is 2. The summed E-state index contributed by atoms with van der Waals surface area (Å²) in [6.07, 6.45) is 11.1. The van der Waals surface area contributed by atoms with Gasteiger partial charge in [-0.25, -0.2) is 4.79 Å². The molecule has 4 nitrogen and oxygen atoms in total. The summed E-state index contributed by atoms with van der Waals surface area (Å²) in [5.74, 6) is -1.09. The third-order valence-corrected chi connectivity index (χ3v) is 3.07. The number of hydrogen-bond acceptors (Lipinski definition) is 4. The molecule has 1 atom stereocenters. The molecule has 0 aromatic carbocycles. The summed E-state index contributed by atoms with van der Waals surface area (Å²) in [6, 6.07) is -0.730. The van der Waals surface area contributed by atoms with Crippen LogP contribution in [0.15, 0.2) is 0 Å². The summed E-state index contributed by atoms with van der Waals surface area (Å²) < 4.78 is 4.58. The molecule has 0 aliphatic carbocycles. The van der Waals surface area contributed by atoms with Crippen LogP contribution >= 0.6 is 0 Å². The fourth-order valence-corrected chi connectivity index (χ4v) is 1.84. The number of hydrogen-bond donors (Lipinski definition) is 1. The van der Waals surface area contributed by atoms with Crippen molar-refractivity contribution in [1.82, 2.24) is 0 Å². The average Bonchev–Trinajstić information content (AvgIpc) is 2.36. The van der Waals surface area contributed by atoms with Crippen molar-refractivity contribution >= 4 is 63.3 Å². The van der Waals surface area contributed by atoms with Crippen molar-refractivity contribution in [2.24, 2.45) is 5.73 Å². The molecule has 0 amide bonds. The molecule has 0 bridgehead atoms. The van der Waals surface area contributed by atoms with Crippen LogP contribution in [0.25, 0.3) is 0 Å². The van der Waals surface area contributed by atoms with Crippen molar-refractivity contribution < 1.29 is 14.3 Å². The molecule has 0 aliphatic rings. The molecule has 2 N–H and O–H groups in total. The Morgan fingerprint density at radius 1 is 0.950 bits per heavy atom. The van der Waals surface area contributed by atoms with Gasteiger partial charge in [-0.1, -0.05) is 58.3 Å². The van der Waals surface area contributed by atoms with Crippen LogP contribution in [0.5, 0.6) is 0 Å². The average molecular weight is 312 g/mol. The molecule has 0 saturated heterocycles. The third-order valence-electron chi connectivity index (χ3n) is 3.07. The monoisotopic (exact) mass is 311 g/mol. The summed E-state index contributed by atoms with van der Waals surface area (Å²) in [7, 11) is 0. The fraction of sp³-hybridized carbons (Fsp3) is 0.867. The normalized spacial score (nSPS) is 11.6. The van der Waals surface area contributed by atoms with Crippen LogP contribution in [0.4, 0.5) is 0 Å². The van der Waals surface area contributed by atoms with Gasteiger partial charge in [-0.3, -0.25) is 4.79 Å². The SMILES string of the molecule is CCCCCCCCCCCC(=O)OC(=O)[C@H](C)N.[KH]. The van der Waals surface area contributed by atoms with Gasteiger partial charge in [0.1, 0.15) is 6.04 Å². The van der Waals surface area contributed by atoms with E-state index in [4.69, 9.17) is 5.73 Å². The van der Waals surface area contributed by atoms with E-state index in [-0.39, 0.29) is 51.4 Å². The Labute approximate surface area is 166 Å². The summed E-state index contributed by atoms with van der Waals surface area (Å²) in [5.41, 5.74) is 5.30. The quantitative estimate of drug-likeness (QED) is 0.276. The molecule has 0 spiro atoms. The molecule has 0 aromatic rings. The van der Waals surface area contributed by atoms with Crippen molar-refractivity contribution in [1.29, 1.82) is 0 Å². The number of nitrogens with two attached hydrogens (primary N) is 1. The van der Waals surface area contributed by atoms with Gasteiger partial charge in [0.2, 0.25) is 0 Å². The molecule has 0 saturated carbocycles. The van der Waals surface area contributed by atoms with Crippen molar-refractivity contribution in [2.75, 3.05) is 0 Å². The minimum absolute atomic E-state index is 0. The van der Waals surface area contributed by atoms with Gasteiger partial charge in [0.05, 0.1) is 0 Å². The topological polar surface area (TPSA) is 69.4 Å². The predicted molar refractivity (Wildman–Crippen MR) is 83.7 cm³/mol. The van der Waals surface area contributed by atoms with Gasteiger partial charge in [-0.15, -0.1) is 0 Å². The molecule has 0 radical (unpaired) electrons. The van der Waals surface area contributed by atoms with Crippen LogP contribution in [0.2, 0.25) is 0 Å². The summed E-state index contributed by atoms with van der Waals surface area (Å²) in [5, 5.41) is 0. The Morgan fingerprint density at radius 2 is 1.40 bits per heavy atom. The number of carbonyl (C=O) groups excluding carboxylic acids is 2. The molecular formula is C15H30KNO3. The van der Waals surface area contributed by atoms with Gasteiger partial charge in [-0.2, -0.15) is 0 Å². The van der Waals surface area contributed by atoms with E-state index in [9.17, 15) is 9.59 Å². The zero-order valence-electron chi connectivity index (χ0n) is 12.5. The van der Waals surface area contributed by atoms with E-state index in [1.54, 1.807) is 0 Å².